The highest BCUT2D eigenvalue weighted by atomic mass is 79.9. The van der Waals surface area contributed by atoms with Crippen molar-refractivity contribution >= 4 is 33.3 Å². The van der Waals surface area contributed by atoms with E-state index < -0.39 is 0 Å². The van der Waals surface area contributed by atoms with E-state index in [4.69, 9.17) is 0 Å². The molecule has 0 bridgehead atoms. The molecule has 0 spiro atoms. The molecule has 0 unspecified atom stereocenters. The summed E-state index contributed by atoms with van der Waals surface area (Å²) in [6.45, 7) is 2.13. The maximum Gasteiger partial charge on any atom is 0.243 e. The third kappa shape index (κ3) is 4.86. The summed E-state index contributed by atoms with van der Waals surface area (Å²) in [5, 5.41) is 5.90. The van der Waals surface area contributed by atoms with Crippen molar-refractivity contribution in [3.63, 3.8) is 0 Å². The van der Waals surface area contributed by atoms with Gasteiger partial charge in [-0.3, -0.25) is 9.78 Å². The van der Waals surface area contributed by atoms with Gasteiger partial charge in [-0.15, -0.1) is 0 Å². The Kier molecular flexibility index (Phi) is 5.91. The highest BCUT2D eigenvalue weighted by molar-refractivity contribution is 9.10. The van der Waals surface area contributed by atoms with Gasteiger partial charge in [0.05, 0.1) is 6.54 Å². The number of rotatable bonds is 6. The second-order valence-electron chi connectivity index (χ2n) is 5.55. The first-order valence-electron chi connectivity index (χ1n) is 8.22. The minimum Gasteiger partial charge on any atom is -0.361 e. The van der Waals surface area contributed by atoms with E-state index in [0.29, 0.717) is 17.3 Å². The lowest BCUT2D eigenvalue weighted by molar-refractivity contribution is -0.114. The van der Waals surface area contributed by atoms with Crippen LogP contribution in [0.5, 0.6) is 0 Å². The molecule has 26 heavy (non-hydrogen) atoms. The number of hydrogen-bond donors (Lipinski definition) is 2. The van der Waals surface area contributed by atoms with Gasteiger partial charge in [0, 0.05) is 28.1 Å². The molecule has 2 heterocycles. The fraction of sp³-hybridized carbons (Fsp3) is 0.158. The van der Waals surface area contributed by atoms with Crippen LogP contribution in [0.15, 0.2) is 59.2 Å². The van der Waals surface area contributed by atoms with E-state index >= 15 is 0 Å². The van der Waals surface area contributed by atoms with Gasteiger partial charge < -0.3 is 10.6 Å². The Labute approximate surface area is 160 Å². The largest absolute Gasteiger partial charge is 0.361 e. The number of carbonyl (C=O) groups is 1. The molecule has 0 fully saturated rings. The van der Waals surface area contributed by atoms with Crippen LogP contribution in [0, 0.1) is 0 Å². The minimum atomic E-state index is -0.150. The number of aromatic nitrogens is 3. The molecule has 0 radical (unpaired) electrons. The molecule has 0 aliphatic rings. The van der Waals surface area contributed by atoms with E-state index in [1.54, 1.807) is 6.20 Å². The number of amides is 1. The molecule has 3 rings (SSSR count). The summed E-state index contributed by atoms with van der Waals surface area (Å²) < 4.78 is 0.962. The van der Waals surface area contributed by atoms with Crippen LogP contribution < -0.4 is 10.6 Å². The van der Waals surface area contributed by atoms with E-state index in [2.05, 4.69) is 41.5 Å². The first kappa shape index (κ1) is 18.0. The summed E-state index contributed by atoms with van der Waals surface area (Å²) in [4.78, 5) is 25.4. The lowest BCUT2D eigenvalue weighted by atomic mass is 10.2. The third-order valence-electron chi connectivity index (χ3n) is 3.59. The molecule has 2 aromatic heterocycles. The van der Waals surface area contributed by atoms with E-state index in [0.717, 1.165) is 22.3 Å². The molecule has 0 aliphatic heterocycles. The van der Waals surface area contributed by atoms with Gasteiger partial charge in [0.15, 0.2) is 5.82 Å². The minimum absolute atomic E-state index is 0.109. The summed E-state index contributed by atoms with van der Waals surface area (Å²) in [5.41, 5.74) is 2.33. The molecule has 1 amide bonds. The van der Waals surface area contributed by atoms with Gasteiger partial charge in [-0.25, -0.2) is 9.97 Å². The van der Waals surface area contributed by atoms with Crippen molar-refractivity contribution in [2.75, 3.05) is 17.2 Å². The van der Waals surface area contributed by atoms with Crippen LogP contribution in [0.25, 0.3) is 11.5 Å². The predicted octanol–water partition coefficient (Wildman–Crippen LogP) is 3.91. The van der Waals surface area contributed by atoms with Gasteiger partial charge >= 0.3 is 0 Å². The van der Waals surface area contributed by atoms with Gasteiger partial charge in [0.1, 0.15) is 11.5 Å². The highest BCUT2D eigenvalue weighted by Crippen LogP contribution is 2.16. The zero-order valence-electron chi connectivity index (χ0n) is 14.2. The molecule has 2 N–H and O–H groups in total. The SMILES string of the molecule is CCc1cc(NCC(=O)Nc2ccc(Br)cc2)nc(-c2ccccn2)n1. The number of hydrogen-bond acceptors (Lipinski definition) is 5. The van der Waals surface area contributed by atoms with Gasteiger partial charge in [-0.1, -0.05) is 28.9 Å². The Balaban J connectivity index is 1.69. The van der Waals surface area contributed by atoms with Crippen LogP contribution >= 0.6 is 15.9 Å². The first-order chi connectivity index (χ1) is 12.6. The Hall–Kier alpha value is -2.80. The zero-order chi connectivity index (χ0) is 18.4. The Morgan fingerprint density at radius 2 is 1.92 bits per heavy atom. The third-order valence-corrected chi connectivity index (χ3v) is 4.12. The average Bonchev–Trinajstić information content (AvgIpc) is 2.68. The molecular formula is C19H18BrN5O. The van der Waals surface area contributed by atoms with E-state index in [1.165, 1.54) is 0 Å². The second kappa shape index (κ2) is 8.53. The second-order valence-corrected chi connectivity index (χ2v) is 6.46. The normalized spacial score (nSPS) is 10.4. The fourth-order valence-electron chi connectivity index (χ4n) is 2.29. The van der Waals surface area contributed by atoms with Gasteiger partial charge in [-0.05, 0) is 42.8 Å². The van der Waals surface area contributed by atoms with E-state index in [-0.39, 0.29) is 12.5 Å². The number of benzene rings is 1. The highest BCUT2D eigenvalue weighted by Gasteiger charge is 2.09. The number of halogens is 1. The Bertz CT molecular complexity index is 884. The topological polar surface area (TPSA) is 79.8 Å². The number of pyridine rings is 1. The molecule has 0 atom stereocenters. The van der Waals surface area contributed by atoms with Gasteiger partial charge in [0.2, 0.25) is 5.91 Å². The predicted molar refractivity (Wildman–Crippen MR) is 106 cm³/mol. The van der Waals surface area contributed by atoms with Crippen molar-refractivity contribution in [1.29, 1.82) is 0 Å². The fourth-order valence-corrected chi connectivity index (χ4v) is 2.55. The molecule has 0 aliphatic carbocycles. The number of anilines is 2. The average molecular weight is 412 g/mol. The van der Waals surface area contributed by atoms with Crippen LogP contribution in [0.2, 0.25) is 0 Å². The van der Waals surface area contributed by atoms with Gasteiger partial charge in [0.25, 0.3) is 0 Å². The smallest absolute Gasteiger partial charge is 0.243 e. The van der Waals surface area contributed by atoms with Crippen molar-refractivity contribution in [2.45, 2.75) is 13.3 Å². The lowest BCUT2D eigenvalue weighted by Crippen LogP contribution is -2.22. The van der Waals surface area contributed by atoms with Crippen LogP contribution in [0.1, 0.15) is 12.6 Å². The van der Waals surface area contributed by atoms with Crippen molar-refractivity contribution in [1.82, 2.24) is 15.0 Å². The number of nitrogens with one attached hydrogen (secondary N) is 2. The Morgan fingerprint density at radius 1 is 1.12 bits per heavy atom. The molecular weight excluding hydrogens is 394 g/mol. The summed E-state index contributed by atoms with van der Waals surface area (Å²) >= 11 is 3.37. The van der Waals surface area contributed by atoms with Crippen molar-refractivity contribution in [3.05, 3.63) is 64.9 Å². The summed E-state index contributed by atoms with van der Waals surface area (Å²) in [6, 6.07) is 14.9. The number of aryl methyl sites for hydroxylation is 1. The zero-order valence-corrected chi connectivity index (χ0v) is 15.8. The van der Waals surface area contributed by atoms with Crippen molar-refractivity contribution < 1.29 is 4.79 Å². The van der Waals surface area contributed by atoms with Crippen molar-refractivity contribution in [2.24, 2.45) is 0 Å². The number of nitrogens with zero attached hydrogens (tertiary/aromatic N) is 3. The van der Waals surface area contributed by atoms with Crippen LogP contribution in [-0.2, 0) is 11.2 Å². The molecule has 7 heteroatoms. The standard InChI is InChI=1S/C19H18BrN5O/c1-2-14-11-17(25-19(24-14)16-5-3-4-10-21-16)22-12-18(26)23-15-8-6-13(20)7-9-15/h3-11H,2,12H2,1H3,(H,23,26)(H,22,24,25). The molecule has 1 aromatic carbocycles. The summed E-state index contributed by atoms with van der Waals surface area (Å²) in [6.07, 6.45) is 2.47. The lowest BCUT2D eigenvalue weighted by Gasteiger charge is -2.10. The molecule has 6 nitrogen and oxygen atoms in total. The van der Waals surface area contributed by atoms with E-state index in [9.17, 15) is 4.79 Å². The first-order valence-corrected chi connectivity index (χ1v) is 9.02. The van der Waals surface area contributed by atoms with Crippen LogP contribution in [-0.4, -0.2) is 27.4 Å². The quantitative estimate of drug-likeness (QED) is 0.642. The van der Waals surface area contributed by atoms with E-state index in [1.807, 2.05) is 55.5 Å². The molecule has 3 aromatic rings. The summed E-state index contributed by atoms with van der Waals surface area (Å²) in [7, 11) is 0. The van der Waals surface area contributed by atoms with Crippen LogP contribution in [0.4, 0.5) is 11.5 Å². The van der Waals surface area contributed by atoms with Crippen LogP contribution in [0.3, 0.4) is 0 Å². The van der Waals surface area contributed by atoms with Gasteiger partial charge in [-0.2, -0.15) is 0 Å². The Morgan fingerprint density at radius 3 is 2.62 bits per heavy atom. The van der Waals surface area contributed by atoms with Crippen molar-refractivity contribution in [3.8, 4) is 11.5 Å². The molecule has 0 saturated heterocycles. The number of carbonyl (C=O) groups excluding carboxylic acids is 1. The monoisotopic (exact) mass is 411 g/mol. The summed E-state index contributed by atoms with van der Waals surface area (Å²) in [5.74, 6) is 0.993. The maximum atomic E-state index is 12.1. The molecule has 132 valence electrons. The molecule has 0 saturated carbocycles. The maximum absolute atomic E-state index is 12.1.